The van der Waals surface area contributed by atoms with Crippen molar-refractivity contribution in [2.75, 3.05) is 0 Å². The van der Waals surface area contributed by atoms with Gasteiger partial charge < -0.3 is 0 Å². The SMILES string of the molecule is Cc1ccc(-c2nc(C(F)(F)F)c(F)n2-c2c(C)cccc2C)cc1. The van der Waals surface area contributed by atoms with Crippen molar-refractivity contribution >= 4 is 0 Å². The highest BCUT2D eigenvalue weighted by molar-refractivity contribution is 5.62. The third-order valence-electron chi connectivity index (χ3n) is 4.06. The first-order chi connectivity index (χ1) is 11.7. The van der Waals surface area contributed by atoms with E-state index in [1.165, 1.54) is 0 Å². The second-order valence-electron chi connectivity index (χ2n) is 6.01. The molecule has 0 fully saturated rings. The summed E-state index contributed by atoms with van der Waals surface area (Å²) in [6.07, 6.45) is -4.87. The van der Waals surface area contributed by atoms with Crippen LogP contribution in [0.3, 0.4) is 0 Å². The van der Waals surface area contributed by atoms with E-state index in [1.54, 1.807) is 56.3 Å². The van der Waals surface area contributed by atoms with Gasteiger partial charge in [0, 0.05) is 5.56 Å². The van der Waals surface area contributed by atoms with Gasteiger partial charge in [-0.3, -0.25) is 4.57 Å². The Labute approximate surface area is 142 Å². The number of alkyl halides is 3. The lowest BCUT2D eigenvalue weighted by atomic mass is 10.1. The lowest BCUT2D eigenvalue weighted by Crippen LogP contribution is -2.10. The van der Waals surface area contributed by atoms with Gasteiger partial charge in [-0.15, -0.1) is 0 Å². The van der Waals surface area contributed by atoms with E-state index in [4.69, 9.17) is 0 Å². The maximum absolute atomic E-state index is 14.8. The maximum Gasteiger partial charge on any atom is 0.437 e. The molecule has 2 aromatic carbocycles. The van der Waals surface area contributed by atoms with Gasteiger partial charge in [0.1, 0.15) is 5.82 Å². The molecule has 0 spiro atoms. The Hall–Kier alpha value is -2.63. The molecular weight excluding hydrogens is 332 g/mol. The number of aryl methyl sites for hydroxylation is 3. The van der Waals surface area contributed by atoms with Crippen LogP contribution in [0.5, 0.6) is 0 Å². The lowest BCUT2D eigenvalue weighted by molar-refractivity contribution is -0.143. The Morgan fingerprint density at radius 2 is 1.44 bits per heavy atom. The highest BCUT2D eigenvalue weighted by atomic mass is 19.4. The van der Waals surface area contributed by atoms with Crippen molar-refractivity contribution in [1.29, 1.82) is 0 Å². The van der Waals surface area contributed by atoms with Crippen LogP contribution in [0.25, 0.3) is 17.1 Å². The van der Waals surface area contributed by atoms with Crippen LogP contribution >= 0.6 is 0 Å². The molecule has 0 unspecified atom stereocenters. The van der Waals surface area contributed by atoms with Gasteiger partial charge in [0.25, 0.3) is 0 Å². The summed E-state index contributed by atoms with van der Waals surface area (Å²) in [4.78, 5) is 3.60. The van der Waals surface area contributed by atoms with Crippen molar-refractivity contribution in [3.63, 3.8) is 0 Å². The van der Waals surface area contributed by atoms with Crippen LogP contribution < -0.4 is 0 Å². The predicted octanol–water partition coefficient (Wildman–Crippen LogP) is 5.62. The lowest BCUT2D eigenvalue weighted by Gasteiger charge is -2.14. The summed E-state index contributed by atoms with van der Waals surface area (Å²) in [5, 5.41) is 0. The minimum Gasteiger partial charge on any atom is -0.268 e. The molecule has 0 atom stereocenters. The third kappa shape index (κ3) is 3.04. The highest BCUT2D eigenvalue weighted by Crippen LogP contribution is 2.36. The van der Waals surface area contributed by atoms with Gasteiger partial charge in [-0.2, -0.15) is 17.6 Å². The second kappa shape index (κ2) is 6.02. The van der Waals surface area contributed by atoms with Crippen molar-refractivity contribution in [3.05, 3.63) is 70.8 Å². The number of aromatic nitrogens is 2. The zero-order valence-corrected chi connectivity index (χ0v) is 13.9. The molecule has 0 radical (unpaired) electrons. The summed E-state index contributed by atoms with van der Waals surface area (Å²) >= 11 is 0. The molecule has 0 bridgehead atoms. The minimum absolute atomic E-state index is 0.0674. The summed E-state index contributed by atoms with van der Waals surface area (Å²) in [6.45, 7) is 5.32. The molecule has 0 amide bonds. The molecule has 2 nitrogen and oxygen atoms in total. The fourth-order valence-corrected chi connectivity index (χ4v) is 2.84. The molecule has 0 N–H and O–H groups in total. The number of benzene rings is 2. The van der Waals surface area contributed by atoms with Crippen LogP contribution in [0.15, 0.2) is 42.5 Å². The van der Waals surface area contributed by atoms with E-state index < -0.39 is 17.8 Å². The molecule has 25 heavy (non-hydrogen) atoms. The molecule has 3 aromatic rings. The maximum atomic E-state index is 14.8. The molecule has 6 heteroatoms. The van der Waals surface area contributed by atoms with E-state index in [0.717, 1.165) is 10.1 Å². The van der Waals surface area contributed by atoms with Crippen molar-refractivity contribution in [2.45, 2.75) is 26.9 Å². The molecule has 0 aliphatic rings. The summed E-state index contributed by atoms with van der Waals surface area (Å²) in [5.74, 6) is -1.47. The van der Waals surface area contributed by atoms with Gasteiger partial charge in [-0.05, 0) is 31.9 Å². The first-order valence-corrected chi connectivity index (χ1v) is 7.69. The molecule has 0 saturated carbocycles. The minimum atomic E-state index is -4.87. The van der Waals surface area contributed by atoms with E-state index in [-0.39, 0.29) is 5.82 Å². The average Bonchev–Trinajstić information content (AvgIpc) is 2.86. The summed E-state index contributed by atoms with van der Waals surface area (Å²) in [5.41, 5.74) is 1.56. The normalized spacial score (nSPS) is 11.8. The van der Waals surface area contributed by atoms with Crippen molar-refractivity contribution in [3.8, 4) is 17.1 Å². The number of hydrogen-bond donors (Lipinski definition) is 0. The van der Waals surface area contributed by atoms with Crippen molar-refractivity contribution in [1.82, 2.24) is 9.55 Å². The van der Waals surface area contributed by atoms with Crippen LogP contribution in [0.2, 0.25) is 0 Å². The Bertz CT molecular complexity index is 902. The molecule has 3 rings (SSSR count). The van der Waals surface area contributed by atoms with E-state index in [2.05, 4.69) is 4.98 Å². The predicted molar refractivity (Wildman–Crippen MR) is 88.2 cm³/mol. The number of nitrogens with zero attached hydrogens (tertiary/aromatic N) is 2. The van der Waals surface area contributed by atoms with Crippen LogP contribution in [0, 0.1) is 26.7 Å². The van der Waals surface area contributed by atoms with Gasteiger partial charge in [-0.25, -0.2) is 4.98 Å². The van der Waals surface area contributed by atoms with Gasteiger partial charge in [0.15, 0.2) is 0 Å². The van der Waals surface area contributed by atoms with Crippen molar-refractivity contribution < 1.29 is 17.6 Å². The molecule has 0 aliphatic carbocycles. The average molecular weight is 348 g/mol. The number of hydrogen-bond acceptors (Lipinski definition) is 1. The van der Waals surface area contributed by atoms with Crippen LogP contribution in [0.1, 0.15) is 22.4 Å². The number of rotatable bonds is 2. The zero-order valence-electron chi connectivity index (χ0n) is 13.9. The van der Waals surface area contributed by atoms with Gasteiger partial charge >= 0.3 is 6.18 Å². The van der Waals surface area contributed by atoms with E-state index in [0.29, 0.717) is 22.4 Å². The topological polar surface area (TPSA) is 17.8 Å². The second-order valence-corrected chi connectivity index (χ2v) is 6.01. The Morgan fingerprint density at radius 3 is 1.96 bits per heavy atom. The van der Waals surface area contributed by atoms with Crippen LogP contribution in [-0.4, -0.2) is 9.55 Å². The first-order valence-electron chi connectivity index (χ1n) is 7.69. The molecule has 1 aromatic heterocycles. The summed E-state index contributed by atoms with van der Waals surface area (Å²) < 4.78 is 55.4. The van der Waals surface area contributed by atoms with Gasteiger partial charge in [-0.1, -0.05) is 48.0 Å². The van der Waals surface area contributed by atoms with Gasteiger partial charge in [0.05, 0.1) is 5.69 Å². The molecule has 1 heterocycles. The van der Waals surface area contributed by atoms with Crippen LogP contribution in [0.4, 0.5) is 17.6 Å². The molecule has 0 saturated heterocycles. The van der Waals surface area contributed by atoms with Gasteiger partial charge in [0.2, 0.25) is 11.6 Å². The first kappa shape index (κ1) is 17.2. The number of halogens is 4. The fraction of sp³-hybridized carbons (Fsp3) is 0.211. The quantitative estimate of drug-likeness (QED) is 0.550. The highest BCUT2D eigenvalue weighted by Gasteiger charge is 2.40. The van der Waals surface area contributed by atoms with E-state index in [9.17, 15) is 17.6 Å². The summed E-state index contributed by atoms with van der Waals surface area (Å²) in [6, 6.07) is 12.0. The fourth-order valence-electron chi connectivity index (χ4n) is 2.84. The smallest absolute Gasteiger partial charge is 0.268 e. The zero-order chi connectivity index (χ0) is 18.4. The third-order valence-corrected chi connectivity index (χ3v) is 4.06. The molecular formula is C19H16F4N2. The van der Waals surface area contributed by atoms with E-state index in [1.807, 2.05) is 6.92 Å². The monoisotopic (exact) mass is 348 g/mol. The Morgan fingerprint density at radius 1 is 0.880 bits per heavy atom. The largest absolute Gasteiger partial charge is 0.437 e. The van der Waals surface area contributed by atoms with Crippen molar-refractivity contribution in [2.24, 2.45) is 0 Å². The van der Waals surface area contributed by atoms with E-state index >= 15 is 0 Å². The number of imidazole rings is 1. The summed E-state index contributed by atoms with van der Waals surface area (Å²) in [7, 11) is 0. The Kier molecular flexibility index (Phi) is 4.14. The molecule has 0 aliphatic heterocycles. The number of para-hydroxylation sites is 1. The standard InChI is InChI=1S/C19H16F4N2/c1-11-7-9-14(10-8-11)18-24-16(19(21,22)23)17(20)25(18)15-12(2)5-4-6-13(15)3/h4-10H,1-3H3. The Balaban J connectivity index is 2.37. The van der Waals surface area contributed by atoms with Crippen LogP contribution in [-0.2, 0) is 6.18 Å². The molecule has 130 valence electrons.